The molecule has 1 N–H and O–H groups in total. The SMILES string of the molecule is O=C(NCC1CCOC1)c1csc2ccccc12. The number of benzene rings is 1. The molecule has 3 nitrogen and oxygen atoms in total. The second-order valence-electron chi connectivity index (χ2n) is 4.59. The quantitative estimate of drug-likeness (QED) is 0.922. The van der Waals surface area contributed by atoms with Crippen molar-refractivity contribution >= 4 is 27.3 Å². The van der Waals surface area contributed by atoms with Gasteiger partial charge in [0.25, 0.3) is 5.91 Å². The Hall–Kier alpha value is -1.39. The maximum Gasteiger partial charge on any atom is 0.252 e. The first-order valence-corrected chi connectivity index (χ1v) is 7.05. The molecule has 1 saturated heterocycles. The molecule has 0 radical (unpaired) electrons. The van der Waals surface area contributed by atoms with Crippen LogP contribution in [0.1, 0.15) is 16.8 Å². The van der Waals surface area contributed by atoms with Crippen LogP contribution >= 0.6 is 11.3 Å². The number of thiophene rings is 1. The van der Waals surface area contributed by atoms with Crippen molar-refractivity contribution in [2.75, 3.05) is 19.8 Å². The lowest BCUT2D eigenvalue weighted by Crippen LogP contribution is -2.29. The van der Waals surface area contributed by atoms with E-state index in [0.717, 1.165) is 35.3 Å². The van der Waals surface area contributed by atoms with E-state index < -0.39 is 0 Å². The molecule has 1 aliphatic heterocycles. The topological polar surface area (TPSA) is 38.3 Å². The number of nitrogens with one attached hydrogen (secondary N) is 1. The minimum absolute atomic E-state index is 0.0272. The summed E-state index contributed by atoms with van der Waals surface area (Å²) in [5.74, 6) is 0.498. The maximum atomic E-state index is 12.1. The van der Waals surface area contributed by atoms with Gasteiger partial charge in [0.15, 0.2) is 0 Å². The predicted molar refractivity (Wildman–Crippen MR) is 73.1 cm³/mol. The van der Waals surface area contributed by atoms with Gasteiger partial charge in [-0.3, -0.25) is 4.79 Å². The lowest BCUT2D eigenvalue weighted by Gasteiger charge is -2.08. The summed E-state index contributed by atoms with van der Waals surface area (Å²) in [5.41, 5.74) is 0.787. The molecule has 0 saturated carbocycles. The number of hydrogen-bond acceptors (Lipinski definition) is 3. The summed E-state index contributed by atoms with van der Waals surface area (Å²) >= 11 is 1.61. The van der Waals surface area contributed by atoms with Gasteiger partial charge < -0.3 is 10.1 Å². The molecule has 1 aliphatic rings. The molecular weight excluding hydrogens is 246 g/mol. The molecule has 94 valence electrons. The third-order valence-electron chi connectivity index (χ3n) is 3.30. The van der Waals surface area contributed by atoms with Crippen LogP contribution in [0.5, 0.6) is 0 Å². The Morgan fingerprint density at radius 1 is 1.44 bits per heavy atom. The molecule has 3 rings (SSSR count). The number of rotatable bonds is 3. The molecule has 1 unspecified atom stereocenters. The van der Waals surface area contributed by atoms with E-state index in [4.69, 9.17) is 4.74 Å². The monoisotopic (exact) mass is 261 g/mol. The highest BCUT2D eigenvalue weighted by Crippen LogP contribution is 2.25. The van der Waals surface area contributed by atoms with Crippen LogP contribution in [0, 0.1) is 5.92 Å². The van der Waals surface area contributed by atoms with Gasteiger partial charge in [0.2, 0.25) is 0 Å². The number of fused-ring (bicyclic) bond motifs is 1. The molecule has 0 bridgehead atoms. The second kappa shape index (κ2) is 5.08. The maximum absolute atomic E-state index is 12.1. The highest BCUT2D eigenvalue weighted by molar-refractivity contribution is 7.17. The summed E-state index contributed by atoms with van der Waals surface area (Å²) in [5, 5.41) is 5.99. The van der Waals surface area contributed by atoms with Crippen LogP contribution in [0.25, 0.3) is 10.1 Å². The van der Waals surface area contributed by atoms with Gasteiger partial charge in [-0.05, 0) is 12.5 Å². The van der Waals surface area contributed by atoms with Gasteiger partial charge in [0.05, 0.1) is 12.2 Å². The first-order chi connectivity index (χ1) is 8.84. The number of hydrogen-bond donors (Lipinski definition) is 1. The van der Waals surface area contributed by atoms with Crippen molar-refractivity contribution in [3.8, 4) is 0 Å². The molecule has 2 aromatic rings. The van der Waals surface area contributed by atoms with E-state index in [1.165, 1.54) is 0 Å². The largest absolute Gasteiger partial charge is 0.381 e. The number of carbonyl (C=O) groups excluding carboxylic acids is 1. The van der Waals surface area contributed by atoms with Gasteiger partial charge in [-0.1, -0.05) is 18.2 Å². The van der Waals surface area contributed by atoms with Gasteiger partial charge in [-0.15, -0.1) is 11.3 Å². The summed E-state index contributed by atoms with van der Waals surface area (Å²) in [6.45, 7) is 2.30. The molecule has 1 atom stereocenters. The third-order valence-corrected chi connectivity index (χ3v) is 4.26. The molecule has 0 aliphatic carbocycles. The molecular formula is C14H15NO2S. The van der Waals surface area contributed by atoms with E-state index in [0.29, 0.717) is 12.5 Å². The van der Waals surface area contributed by atoms with Gasteiger partial charge in [-0.25, -0.2) is 0 Å². The van der Waals surface area contributed by atoms with Gasteiger partial charge in [-0.2, -0.15) is 0 Å². The third kappa shape index (κ3) is 2.26. The first-order valence-electron chi connectivity index (χ1n) is 6.17. The lowest BCUT2D eigenvalue weighted by atomic mass is 10.1. The molecule has 4 heteroatoms. The average Bonchev–Trinajstić information content (AvgIpc) is 3.05. The zero-order valence-corrected chi connectivity index (χ0v) is 10.8. The Morgan fingerprint density at radius 3 is 3.17 bits per heavy atom. The number of carbonyl (C=O) groups is 1. The summed E-state index contributed by atoms with van der Waals surface area (Å²) in [4.78, 5) is 12.1. The summed E-state index contributed by atoms with van der Waals surface area (Å²) in [6.07, 6.45) is 1.05. The van der Waals surface area contributed by atoms with E-state index in [1.807, 2.05) is 29.6 Å². The Bertz CT molecular complexity index is 558. The van der Waals surface area contributed by atoms with Crippen LogP contribution in [0.3, 0.4) is 0 Å². The smallest absolute Gasteiger partial charge is 0.252 e. The summed E-state index contributed by atoms with van der Waals surface area (Å²) in [7, 11) is 0. The number of ether oxygens (including phenoxy) is 1. The molecule has 2 heterocycles. The van der Waals surface area contributed by atoms with E-state index in [2.05, 4.69) is 5.32 Å². The molecule has 1 aromatic heterocycles. The van der Waals surface area contributed by atoms with Gasteiger partial charge in [0, 0.05) is 34.5 Å². The van der Waals surface area contributed by atoms with Gasteiger partial charge >= 0.3 is 0 Å². The fourth-order valence-electron chi connectivity index (χ4n) is 2.23. The van der Waals surface area contributed by atoms with Crippen molar-refractivity contribution in [2.45, 2.75) is 6.42 Å². The minimum Gasteiger partial charge on any atom is -0.381 e. The standard InChI is InChI=1S/C14H15NO2S/c16-14(15-7-10-5-6-17-8-10)12-9-18-13-4-2-1-3-11(12)13/h1-4,9-10H,5-8H2,(H,15,16). The normalized spacial score (nSPS) is 19.2. The van der Waals surface area contributed by atoms with E-state index in [-0.39, 0.29) is 5.91 Å². The van der Waals surface area contributed by atoms with E-state index in [9.17, 15) is 4.79 Å². The highest BCUT2D eigenvalue weighted by Gasteiger charge is 2.18. The van der Waals surface area contributed by atoms with Crippen LogP contribution in [0.2, 0.25) is 0 Å². The minimum atomic E-state index is 0.0272. The van der Waals surface area contributed by atoms with Gasteiger partial charge in [0.1, 0.15) is 0 Å². The van der Waals surface area contributed by atoms with E-state index >= 15 is 0 Å². The van der Waals surface area contributed by atoms with Crippen molar-refractivity contribution in [2.24, 2.45) is 5.92 Å². The fraction of sp³-hybridized carbons (Fsp3) is 0.357. The summed E-state index contributed by atoms with van der Waals surface area (Å²) < 4.78 is 6.46. The molecule has 18 heavy (non-hydrogen) atoms. The van der Waals surface area contributed by atoms with Crippen LogP contribution in [0.15, 0.2) is 29.6 Å². The summed E-state index contributed by atoms with van der Waals surface area (Å²) in [6, 6.07) is 8.01. The van der Waals surface area contributed by atoms with Crippen molar-refractivity contribution in [3.05, 3.63) is 35.2 Å². The Morgan fingerprint density at radius 2 is 2.33 bits per heavy atom. The first kappa shape index (κ1) is 11.7. The number of amides is 1. The second-order valence-corrected chi connectivity index (χ2v) is 5.50. The molecule has 1 fully saturated rings. The van der Waals surface area contributed by atoms with Crippen LogP contribution in [-0.2, 0) is 4.74 Å². The molecule has 1 amide bonds. The van der Waals surface area contributed by atoms with Crippen molar-refractivity contribution in [1.82, 2.24) is 5.32 Å². The zero-order valence-electron chi connectivity index (χ0n) is 10.0. The Balaban J connectivity index is 1.71. The Labute approximate surface area is 110 Å². The molecule has 1 aromatic carbocycles. The van der Waals surface area contributed by atoms with Crippen molar-refractivity contribution in [1.29, 1.82) is 0 Å². The molecule has 0 spiro atoms. The highest BCUT2D eigenvalue weighted by atomic mass is 32.1. The van der Waals surface area contributed by atoms with Crippen molar-refractivity contribution < 1.29 is 9.53 Å². The zero-order chi connectivity index (χ0) is 12.4. The Kier molecular flexibility index (Phi) is 3.30. The van der Waals surface area contributed by atoms with Crippen LogP contribution in [0.4, 0.5) is 0 Å². The van der Waals surface area contributed by atoms with Crippen molar-refractivity contribution in [3.63, 3.8) is 0 Å². The lowest BCUT2D eigenvalue weighted by molar-refractivity contribution is 0.0947. The predicted octanol–water partition coefficient (Wildman–Crippen LogP) is 2.67. The average molecular weight is 261 g/mol. The fourth-order valence-corrected chi connectivity index (χ4v) is 3.17. The van der Waals surface area contributed by atoms with Crippen LogP contribution < -0.4 is 5.32 Å². The van der Waals surface area contributed by atoms with Crippen LogP contribution in [-0.4, -0.2) is 25.7 Å². The van der Waals surface area contributed by atoms with E-state index in [1.54, 1.807) is 11.3 Å².